The number of aromatic hydroxyl groups is 2. The normalized spacial score (nSPS) is 19.9. The lowest BCUT2D eigenvalue weighted by atomic mass is 10.0. The molecule has 6 rings (SSSR count). The molecule has 0 spiro atoms. The van der Waals surface area contributed by atoms with E-state index in [-0.39, 0.29) is 55.2 Å². The highest BCUT2D eigenvalue weighted by Gasteiger charge is 2.39. The Labute approximate surface area is 649 Å². The molecule has 1 aliphatic rings. The minimum absolute atomic E-state index is 0.00188. The van der Waals surface area contributed by atoms with E-state index in [0.717, 1.165) is 35.4 Å². The van der Waals surface area contributed by atoms with Crippen LogP contribution in [0, 0.1) is 11.3 Å². The fourth-order valence-electron chi connectivity index (χ4n) is 11.5. The number of benzene rings is 3. The van der Waals surface area contributed by atoms with Crippen LogP contribution in [-0.4, -0.2) is 233 Å². The maximum absolute atomic E-state index is 15.5. The van der Waals surface area contributed by atoms with Crippen LogP contribution in [0.3, 0.4) is 0 Å². The van der Waals surface area contributed by atoms with Crippen LogP contribution in [0.15, 0.2) is 91.5 Å². The lowest BCUT2D eigenvalue weighted by Gasteiger charge is -2.28. The maximum atomic E-state index is 15.5. The molecule has 1 saturated heterocycles. The van der Waals surface area contributed by atoms with Crippen LogP contribution in [0.5, 0.6) is 11.5 Å². The Morgan fingerprint density at radius 3 is 1.61 bits per heavy atom. The van der Waals surface area contributed by atoms with Gasteiger partial charge in [-0.25, -0.2) is 4.98 Å². The molecule has 2 aromatic heterocycles. The predicted octanol–water partition coefficient (Wildman–Crippen LogP) is -6.28. The maximum Gasteiger partial charge on any atom is 0.245 e. The van der Waals surface area contributed by atoms with Crippen molar-refractivity contribution in [1.82, 2.24) is 84.1 Å². The van der Waals surface area contributed by atoms with Gasteiger partial charge in [-0.3, -0.25) is 77.3 Å². The number of carbonyl (C=O) groups excluding carboxylic acids is 15. The number of hydrogen-bond donors (Lipinski definition) is 24. The SMILES string of the molecule is CC(=O)N[C@H]1CSSC[C@@H](C(=O)N[C@@H](Cc2c[nH]c3ccccc23)C(=O)N[C@@H](CC(N)=O)C(=O)N[C@@H](CC(C)C)C(=O)N[C@@H](CC(N)=O)C(=O)N[C@H](C(N)=O)[C@@H](C)O)NC(=O)[C@H](Cc2ccc(O)cc2)NC(=O)[C@H](Cc2ccc(O)cc2)NC(=O)[C@H](CO)NC(=O)[C@H](CCCNC(=N)N)NC(=O)[C@H](Cc2c[nH]cn2)NC1=O. The zero-order valence-electron chi connectivity index (χ0n) is 61.4. The van der Waals surface area contributed by atoms with Crippen molar-refractivity contribution < 1.29 is 92.3 Å². The first kappa shape index (κ1) is 88.8. The van der Waals surface area contributed by atoms with Crippen molar-refractivity contribution in [2.24, 2.45) is 28.9 Å². The van der Waals surface area contributed by atoms with Gasteiger partial charge < -0.3 is 122 Å². The Bertz CT molecular complexity index is 4170. The summed E-state index contributed by atoms with van der Waals surface area (Å²) in [5.41, 5.74) is 23.7. The number of imidazole rings is 1. The molecule has 112 heavy (non-hydrogen) atoms. The number of aliphatic hydroxyl groups excluding tert-OH is 2. The Balaban J connectivity index is 1.44. The van der Waals surface area contributed by atoms with Gasteiger partial charge in [0.15, 0.2) is 5.96 Å². The Hall–Kier alpha value is -12.0. The number of H-pyrrole nitrogens is 2. The number of hydrogen-bond acceptors (Lipinski definition) is 23. The predicted molar refractivity (Wildman–Crippen MR) is 406 cm³/mol. The molecule has 0 saturated carbocycles. The topological polar surface area (TPSA) is 666 Å². The van der Waals surface area contributed by atoms with Gasteiger partial charge in [-0.15, -0.1) is 0 Å². The summed E-state index contributed by atoms with van der Waals surface area (Å²) in [6.45, 7) is 4.38. The molecule has 3 aromatic carbocycles. The fourth-order valence-corrected chi connectivity index (χ4v) is 13.8. The van der Waals surface area contributed by atoms with E-state index < -0.39 is 224 Å². The first-order chi connectivity index (χ1) is 53.1. The molecule has 606 valence electrons. The summed E-state index contributed by atoms with van der Waals surface area (Å²) >= 11 is 0. The quantitative estimate of drug-likeness (QED) is 0.00824. The second-order valence-electron chi connectivity index (χ2n) is 26.8. The molecule has 13 atom stereocenters. The third-order valence-corrected chi connectivity index (χ3v) is 19.6. The van der Waals surface area contributed by atoms with Crippen LogP contribution in [0.2, 0.25) is 0 Å². The first-order valence-corrected chi connectivity index (χ1v) is 37.7. The number of nitrogens with one attached hydrogen (secondary N) is 16. The van der Waals surface area contributed by atoms with Crippen LogP contribution in [0.4, 0.5) is 0 Å². The number of guanidine groups is 1. The summed E-state index contributed by atoms with van der Waals surface area (Å²) in [6, 6.07) is -3.25. The molecular weight excluding hydrogens is 1500 g/mol. The molecular formula is C70H95N21O19S2. The third-order valence-electron chi connectivity index (χ3n) is 17.2. The van der Waals surface area contributed by atoms with Gasteiger partial charge in [0.1, 0.15) is 84.0 Å². The number of phenols is 2. The van der Waals surface area contributed by atoms with E-state index in [1.165, 1.54) is 67.3 Å². The molecule has 42 heteroatoms. The van der Waals surface area contributed by atoms with E-state index >= 15 is 19.2 Å². The van der Waals surface area contributed by atoms with Gasteiger partial charge >= 0.3 is 0 Å². The first-order valence-electron chi connectivity index (χ1n) is 35.2. The lowest BCUT2D eigenvalue weighted by Crippen LogP contribution is -2.62. The van der Waals surface area contributed by atoms with Crippen molar-refractivity contribution in [2.45, 2.75) is 164 Å². The molecule has 1 aliphatic heterocycles. The van der Waals surface area contributed by atoms with Gasteiger partial charge in [0.2, 0.25) is 88.6 Å². The average molecular weight is 1600 g/mol. The number of aromatic nitrogens is 3. The zero-order chi connectivity index (χ0) is 82.5. The summed E-state index contributed by atoms with van der Waals surface area (Å²) in [4.78, 5) is 221. The average Bonchev–Trinajstić information content (AvgIpc) is 1.58. The van der Waals surface area contributed by atoms with Gasteiger partial charge in [-0.2, -0.15) is 0 Å². The van der Waals surface area contributed by atoms with Crippen LogP contribution >= 0.6 is 21.6 Å². The fraction of sp³-hybridized carbons (Fsp3) is 0.443. The highest BCUT2D eigenvalue weighted by molar-refractivity contribution is 8.76. The van der Waals surface area contributed by atoms with Crippen molar-refractivity contribution in [3.63, 3.8) is 0 Å². The molecule has 0 bridgehead atoms. The van der Waals surface area contributed by atoms with Crippen LogP contribution in [-0.2, 0) is 97.6 Å². The minimum atomic E-state index is -1.97. The second-order valence-corrected chi connectivity index (χ2v) is 29.3. The largest absolute Gasteiger partial charge is 0.508 e. The number of phenolic OH excluding ortho intramolecular Hbond substituents is 2. The molecule has 0 radical (unpaired) electrons. The second kappa shape index (κ2) is 43.4. The van der Waals surface area contributed by atoms with Gasteiger partial charge in [-0.05, 0) is 79.1 Å². The molecule has 28 N–H and O–H groups in total. The number of nitrogens with two attached hydrogens (primary N) is 4. The van der Waals surface area contributed by atoms with E-state index in [4.69, 9.17) is 28.3 Å². The van der Waals surface area contributed by atoms with E-state index in [1.807, 2.05) is 0 Å². The Kier molecular flexibility index (Phi) is 34.4. The highest BCUT2D eigenvalue weighted by Crippen LogP contribution is 2.25. The smallest absolute Gasteiger partial charge is 0.245 e. The summed E-state index contributed by atoms with van der Waals surface area (Å²) in [7, 11) is 1.69. The number of fused-ring (bicyclic) bond motifs is 1. The summed E-state index contributed by atoms with van der Waals surface area (Å²) in [5.74, 6) is -18.6. The number of nitrogens with zero attached hydrogens (tertiary/aromatic N) is 1. The summed E-state index contributed by atoms with van der Waals surface area (Å²) in [6.07, 6.45) is -1.12. The third kappa shape index (κ3) is 28.7. The minimum Gasteiger partial charge on any atom is -0.508 e. The molecule has 0 aliphatic carbocycles. The molecule has 15 amide bonds. The number of carbonyl (C=O) groups is 15. The number of amides is 15. The molecule has 0 unspecified atom stereocenters. The van der Waals surface area contributed by atoms with Crippen LogP contribution < -0.4 is 92.1 Å². The number of para-hydroxylation sites is 1. The Morgan fingerprint density at radius 2 is 1.08 bits per heavy atom. The number of rotatable bonds is 32. The molecule has 40 nitrogen and oxygen atoms in total. The summed E-state index contributed by atoms with van der Waals surface area (Å²) in [5, 5.41) is 82.0. The lowest BCUT2D eigenvalue weighted by molar-refractivity contribution is -0.137. The van der Waals surface area contributed by atoms with Gasteiger partial charge in [0.05, 0.1) is 37.6 Å². The van der Waals surface area contributed by atoms with E-state index in [1.54, 1.807) is 38.1 Å². The monoisotopic (exact) mass is 1600 g/mol. The number of primary amides is 3. The molecule has 1 fully saturated rings. The summed E-state index contributed by atoms with van der Waals surface area (Å²) < 4.78 is 0. The zero-order valence-corrected chi connectivity index (χ0v) is 63.1. The highest BCUT2D eigenvalue weighted by atomic mass is 33.1. The number of aliphatic hydroxyl groups is 2. The van der Waals surface area contributed by atoms with Gasteiger partial charge in [0, 0.05) is 74.0 Å². The van der Waals surface area contributed by atoms with Crippen molar-refractivity contribution in [3.8, 4) is 11.5 Å². The van der Waals surface area contributed by atoms with Gasteiger partial charge in [0.25, 0.3) is 0 Å². The van der Waals surface area contributed by atoms with E-state index in [0.29, 0.717) is 27.6 Å². The molecule has 5 aromatic rings. The van der Waals surface area contributed by atoms with Crippen LogP contribution in [0.25, 0.3) is 10.9 Å². The van der Waals surface area contributed by atoms with Crippen molar-refractivity contribution >= 4 is 127 Å². The van der Waals surface area contributed by atoms with Crippen LogP contribution in [0.1, 0.15) is 82.2 Å². The van der Waals surface area contributed by atoms with E-state index in [2.05, 4.69) is 84.1 Å². The van der Waals surface area contributed by atoms with Crippen molar-refractivity contribution in [1.29, 1.82) is 5.41 Å². The Morgan fingerprint density at radius 1 is 0.589 bits per heavy atom. The van der Waals surface area contributed by atoms with E-state index in [9.17, 15) is 73.2 Å². The van der Waals surface area contributed by atoms with Crippen molar-refractivity contribution in [2.75, 3.05) is 24.7 Å². The van der Waals surface area contributed by atoms with Crippen molar-refractivity contribution in [3.05, 3.63) is 114 Å². The number of aromatic amines is 2. The molecule has 3 heterocycles. The van der Waals surface area contributed by atoms with Gasteiger partial charge in [-0.1, -0.05) is 77.9 Å². The standard InChI is InChI=1S/C70H95N21O19S2/c1-33(2)20-45(60(101)88-51(26-56(72)98)66(107)91-57(34(3)93)58(73)99)82-65(106)50(25-55(71)97)87-63(104)48(23-38-27-78-43-9-6-5-8-42(38)43)85-69(110)54-31-112-111-30-53(80-35(4)94)68(109)86-49(24-39-28-76-32-79-39)64(105)81-44(10-7-19-77-70(74)75)59(100)89-52(29-92)67(108)84-46(21-36-11-15-40(95)16-12-36)61(102)83-47(62(103)90-54)22-37-13-17-41(96)18-14-37/h5-6,8-9,11-18,27-28,32-34,44-54,57,78,92-93,95-96H,7,10,19-26,29-31H2,1-4H3,(H2,71,97)(H2,72,98)(H2,73,99)(H,76,79)(H,80,94)(H,81,105)(H,82,106)(H,83,102)(H,84,108)(H,85,110)(H,86,109)(H,87,104)(H,88,101)(H,89,100)(H,90,103)(H,91,107)(H4,74,75,77)/t34-,44+,45+,46+,47+,48+,49+,50+,51+,52+,53+,54+,57+/m1/s1.